The van der Waals surface area contributed by atoms with Crippen LogP contribution in [0, 0.1) is 18.7 Å². The topological polar surface area (TPSA) is 79.5 Å². The average Bonchev–Trinajstić information content (AvgIpc) is 3.05. The van der Waals surface area contributed by atoms with E-state index in [0.29, 0.717) is 35.8 Å². The van der Waals surface area contributed by atoms with Gasteiger partial charge in [-0.2, -0.15) is 0 Å². The summed E-state index contributed by atoms with van der Waals surface area (Å²) in [5, 5.41) is 12.4. The highest BCUT2D eigenvalue weighted by Crippen LogP contribution is 2.28. The zero-order chi connectivity index (χ0) is 15.9. The van der Waals surface area contributed by atoms with Crippen molar-refractivity contribution < 1.29 is 23.5 Å². The van der Waals surface area contributed by atoms with E-state index in [-0.39, 0.29) is 23.5 Å². The quantitative estimate of drug-likeness (QED) is 0.914. The third kappa shape index (κ3) is 2.56. The third-order valence-electron chi connectivity index (χ3n) is 4.22. The first-order chi connectivity index (χ1) is 10.5. The highest BCUT2D eigenvalue weighted by Gasteiger charge is 2.31. The number of carboxylic acid groups (broad SMARTS) is 1. The molecule has 1 aromatic carbocycles. The van der Waals surface area contributed by atoms with Crippen LogP contribution in [-0.4, -0.2) is 23.0 Å². The van der Waals surface area contributed by atoms with Gasteiger partial charge in [0.2, 0.25) is 0 Å². The minimum absolute atomic E-state index is 0.152. The summed E-state index contributed by atoms with van der Waals surface area (Å²) >= 11 is 0. The first-order valence-electron chi connectivity index (χ1n) is 7.18. The first kappa shape index (κ1) is 14.6. The van der Waals surface area contributed by atoms with Gasteiger partial charge in [-0.15, -0.1) is 0 Å². The summed E-state index contributed by atoms with van der Waals surface area (Å²) in [4.78, 5) is 23.2. The van der Waals surface area contributed by atoms with E-state index in [9.17, 15) is 14.0 Å². The maximum Gasteiger partial charge on any atom is 0.306 e. The molecule has 0 radical (unpaired) electrons. The molecule has 0 spiro atoms. The lowest BCUT2D eigenvalue weighted by Crippen LogP contribution is -2.33. The van der Waals surface area contributed by atoms with Gasteiger partial charge in [0.25, 0.3) is 5.91 Å². The molecular weight excluding hydrogens is 289 g/mol. The summed E-state index contributed by atoms with van der Waals surface area (Å²) in [5.74, 6) is -1.85. The van der Waals surface area contributed by atoms with Gasteiger partial charge in [0.1, 0.15) is 11.4 Å². The molecule has 0 unspecified atom stereocenters. The van der Waals surface area contributed by atoms with E-state index < -0.39 is 11.9 Å². The number of fused-ring (bicyclic) bond motifs is 1. The van der Waals surface area contributed by atoms with Crippen LogP contribution in [-0.2, 0) is 4.79 Å². The second-order valence-electron chi connectivity index (χ2n) is 5.72. The Morgan fingerprint density at radius 2 is 2.14 bits per heavy atom. The fourth-order valence-electron chi connectivity index (χ4n) is 3.00. The van der Waals surface area contributed by atoms with E-state index in [4.69, 9.17) is 9.52 Å². The number of benzene rings is 1. The molecule has 1 aromatic heterocycles. The van der Waals surface area contributed by atoms with Crippen molar-refractivity contribution in [3.63, 3.8) is 0 Å². The summed E-state index contributed by atoms with van der Waals surface area (Å²) in [6, 6.07) is 3.94. The lowest BCUT2D eigenvalue weighted by molar-refractivity contribution is -0.141. The van der Waals surface area contributed by atoms with Crippen molar-refractivity contribution in [1.29, 1.82) is 0 Å². The minimum atomic E-state index is -0.827. The van der Waals surface area contributed by atoms with E-state index in [1.807, 2.05) is 0 Å². The molecule has 2 aromatic rings. The lowest BCUT2D eigenvalue weighted by atomic mass is 10.1. The molecule has 1 heterocycles. The minimum Gasteiger partial charge on any atom is -0.481 e. The number of carbonyl (C=O) groups excluding carboxylic acids is 1. The number of hydrogen-bond acceptors (Lipinski definition) is 3. The number of hydrogen-bond donors (Lipinski definition) is 2. The molecule has 1 saturated carbocycles. The summed E-state index contributed by atoms with van der Waals surface area (Å²) in [7, 11) is 0. The van der Waals surface area contributed by atoms with Gasteiger partial charge in [-0.25, -0.2) is 4.39 Å². The predicted octanol–water partition coefficient (Wildman–Crippen LogP) is 2.86. The van der Waals surface area contributed by atoms with Crippen LogP contribution in [0.2, 0.25) is 0 Å². The molecule has 2 atom stereocenters. The molecule has 0 aliphatic heterocycles. The second-order valence-corrected chi connectivity index (χ2v) is 5.72. The summed E-state index contributed by atoms with van der Waals surface area (Å²) < 4.78 is 18.8. The third-order valence-corrected chi connectivity index (χ3v) is 4.22. The molecule has 1 fully saturated rings. The van der Waals surface area contributed by atoms with Gasteiger partial charge in [-0.3, -0.25) is 9.59 Å². The number of carboxylic acids is 1. The lowest BCUT2D eigenvalue weighted by Gasteiger charge is -2.11. The molecule has 1 aliphatic rings. The van der Waals surface area contributed by atoms with E-state index in [0.717, 1.165) is 0 Å². The number of nitrogens with one attached hydrogen (secondary N) is 1. The van der Waals surface area contributed by atoms with Gasteiger partial charge in [-0.05, 0) is 44.4 Å². The molecule has 116 valence electrons. The Kier molecular flexibility index (Phi) is 3.60. The van der Waals surface area contributed by atoms with Crippen molar-refractivity contribution in [2.24, 2.45) is 5.92 Å². The van der Waals surface area contributed by atoms with Crippen molar-refractivity contribution in [2.45, 2.75) is 32.2 Å². The van der Waals surface area contributed by atoms with Crippen molar-refractivity contribution >= 4 is 22.8 Å². The van der Waals surface area contributed by atoms with Crippen LogP contribution in [0.25, 0.3) is 11.0 Å². The Balaban J connectivity index is 1.78. The Labute approximate surface area is 126 Å². The number of halogens is 1. The number of aliphatic carboxylic acids is 1. The van der Waals surface area contributed by atoms with Crippen molar-refractivity contribution in [3.05, 3.63) is 35.3 Å². The van der Waals surface area contributed by atoms with Gasteiger partial charge < -0.3 is 14.8 Å². The summed E-state index contributed by atoms with van der Waals surface area (Å²) in [6.07, 6.45) is 1.62. The van der Waals surface area contributed by atoms with Gasteiger partial charge in [-0.1, -0.05) is 0 Å². The zero-order valence-electron chi connectivity index (χ0n) is 12.1. The molecule has 5 nitrogen and oxygen atoms in total. The van der Waals surface area contributed by atoms with Crippen LogP contribution < -0.4 is 5.32 Å². The molecule has 22 heavy (non-hydrogen) atoms. The Bertz CT molecular complexity index is 752. The highest BCUT2D eigenvalue weighted by molar-refractivity contribution is 5.99. The van der Waals surface area contributed by atoms with Crippen LogP contribution in [0.15, 0.2) is 22.6 Å². The fraction of sp³-hybridized carbons (Fsp3) is 0.375. The van der Waals surface area contributed by atoms with Crippen LogP contribution in [0.4, 0.5) is 4.39 Å². The Morgan fingerprint density at radius 3 is 2.82 bits per heavy atom. The molecule has 2 N–H and O–H groups in total. The standard InChI is InChI=1S/C16H16FNO4/c1-8-12-7-10(17)3-5-13(12)22-14(8)15(19)18-11-4-2-9(6-11)16(20)21/h3,5,7,9,11H,2,4,6H2,1H3,(H,18,19)(H,20,21)/t9-,11+/m0/s1. The van der Waals surface area contributed by atoms with Gasteiger partial charge in [0.15, 0.2) is 5.76 Å². The van der Waals surface area contributed by atoms with E-state index in [2.05, 4.69) is 5.32 Å². The van der Waals surface area contributed by atoms with E-state index in [1.54, 1.807) is 6.92 Å². The SMILES string of the molecule is Cc1c(C(=O)N[C@@H]2CC[C@H](C(=O)O)C2)oc2ccc(F)cc12. The van der Waals surface area contributed by atoms with Crippen LogP contribution in [0.1, 0.15) is 35.4 Å². The normalized spacial score (nSPS) is 21.2. The molecule has 1 aliphatic carbocycles. The molecule has 3 rings (SSSR count). The molecule has 0 saturated heterocycles. The monoisotopic (exact) mass is 305 g/mol. The van der Waals surface area contributed by atoms with Gasteiger partial charge in [0.05, 0.1) is 5.92 Å². The summed E-state index contributed by atoms with van der Waals surface area (Å²) in [6.45, 7) is 1.70. The number of furan rings is 1. The smallest absolute Gasteiger partial charge is 0.306 e. The zero-order valence-corrected chi connectivity index (χ0v) is 12.1. The van der Waals surface area contributed by atoms with Crippen molar-refractivity contribution in [2.75, 3.05) is 0 Å². The number of aryl methyl sites for hydroxylation is 1. The van der Waals surface area contributed by atoms with Crippen molar-refractivity contribution in [3.8, 4) is 0 Å². The van der Waals surface area contributed by atoms with Crippen LogP contribution >= 0.6 is 0 Å². The van der Waals surface area contributed by atoms with E-state index >= 15 is 0 Å². The van der Waals surface area contributed by atoms with Crippen LogP contribution in [0.5, 0.6) is 0 Å². The molecule has 1 amide bonds. The first-order valence-corrected chi connectivity index (χ1v) is 7.18. The van der Waals surface area contributed by atoms with Crippen molar-refractivity contribution in [1.82, 2.24) is 5.32 Å². The Morgan fingerprint density at radius 1 is 1.36 bits per heavy atom. The predicted molar refractivity (Wildman–Crippen MR) is 77.1 cm³/mol. The molecular formula is C16H16FNO4. The number of carbonyl (C=O) groups is 2. The number of amides is 1. The second kappa shape index (κ2) is 5.44. The maximum atomic E-state index is 13.3. The van der Waals surface area contributed by atoms with Gasteiger partial charge >= 0.3 is 5.97 Å². The average molecular weight is 305 g/mol. The van der Waals surface area contributed by atoms with E-state index in [1.165, 1.54) is 18.2 Å². The molecule has 6 heteroatoms. The fourth-order valence-corrected chi connectivity index (χ4v) is 3.00. The number of rotatable bonds is 3. The van der Waals surface area contributed by atoms with Gasteiger partial charge in [0, 0.05) is 17.0 Å². The largest absolute Gasteiger partial charge is 0.481 e. The Hall–Kier alpha value is -2.37. The summed E-state index contributed by atoms with van der Waals surface area (Å²) in [5.41, 5.74) is 1.04. The molecule has 0 bridgehead atoms. The maximum absolute atomic E-state index is 13.3. The van der Waals surface area contributed by atoms with Crippen LogP contribution in [0.3, 0.4) is 0 Å². The highest BCUT2D eigenvalue weighted by atomic mass is 19.1.